The third-order valence-corrected chi connectivity index (χ3v) is 3.93. The van der Waals surface area contributed by atoms with Crippen molar-refractivity contribution in [3.8, 4) is 0 Å². The Bertz CT molecular complexity index is 294. The number of hydrogen-bond donors (Lipinski definition) is 3. The molecule has 0 amide bonds. The lowest BCUT2D eigenvalue weighted by atomic mass is 9.93. The molecule has 0 radical (unpaired) electrons. The Morgan fingerprint density at radius 1 is 1.38 bits per heavy atom. The van der Waals surface area contributed by atoms with E-state index in [1.54, 1.807) is 11.3 Å². The number of nitrogens with one attached hydrogen (secondary N) is 1. The van der Waals surface area contributed by atoms with Crippen LogP contribution < -0.4 is 5.32 Å². The van der Waals surface area contributed by atoms with Crippen molar-refractivity contribution in [2.24, 2.45) is 0 Å². The summed E-state index contributed by atoms with van der Waals surface area (Å²) in [6, 6.07) is 2.42. The average molecular weight is 241 g/mol. The number of rotatable bonds is 4. The number of aliphatic hydroxyl groups is 2. The summed E-state index contributed by atoms with van der Waals surface area (Å²) in [6.07, 6.45) is 3.27. The summed E-state index contributed by atoms with van der Waals surface area (Å²) in [5.74, 6) is 0. The van der Waals surface area contributed by atoms with Crippen LogP contribution in [0.3, 0.4) is 0 Å². The van der Waals surface area contributed by atoms with Crippen LogP contribution in [0.4, 0.5) is 0 Å². The lowest BCUT2D eigenvalue weighted by molar-refractivity contribution is 0.109. The molecule has 0 saturated heterocycles. The molecule has 16 heavy (non-hydrogen) atoms. The van der Waals surface area contributed by atoms with E-state index in [0.717, 1.165) is 31.2 Å². The van der Waals surface area contributed by atoms with E-state index in [1.807, 2.05) is 16.8 Å². The molecule has 1 unspecified atom stereocenters. The van der Waals surface area contributed by atoms with Crippen LogP contribution in [0.25, 0.3) is 0 Å². The summed E-state index contributed by atoms with van der Waals surface area (Å²) < 4.78 is 0. The first-order valence-corrected chi connectivity index (χ1v) is 6.81. The maximum Gasteiger partial charge on any atom is 0.0922 e. The highest BCUT2D eigenvalue weighted by molar-refractivity contribution is 7.07. The molecule has 1 fully saturated rings. The lowest BCUT2D eigenvalue weighted by Gasteiger charge is -2.27. The Balaban J connectivity index is 1.71. The highest BCUT2D eigenvalue weighted by Gasteiger charge is 2.19. The van der Waals surface area contributed by atoms with Crippen LogP contribution in [0.5, 0.6) is 0 Å². The zero-order valence-corrected chi connectivity index (χ0v) is 10.1. The number of thiophene rings is 1. The van der Waals surface area contributed by atoms with E-state index in [9.17, 15) is 10.2 Å². The van der Waals surface area contributed by atoms with Crippen LogP contribution >= 0.6 is 11.3 Å². The second-order valence-electron chi connectivity index (χ2n) is 4.49. The van der Waals surface area contributed by atoms with Crippen molar-refractivity contribution in [2.75, 3.05) is 6.54 Å². The monoisotopic (exact) mass is 241 g/mol. The predicted octanol–water partition coefficient (Wildman–Crippen LogP) is 1.67. The summed E-state index contributed by atoms with van der Waals surface area (Å²) in [7, 11) is 0. The molecule has 1 saturated carbocycles. The Hall–Kier alpha value is -0.420. The van der Waals surface area contributed by atoms with Crippen molar-refractivity contribution in [3.05, 3.63) is 22.4 Å². The largest absolute Gasteiger partial charge is 0.393 e. The second-order valence-corrected chi connectivity index (χ2v) is 5.27. The standard InChI is InChI=1S/C12H19NO2S/c14-11-3-1-10(2-4-11)13-7-12(15)9-5-6-16-8-9/h5-6,8,10-15H,1-4,7H2. The van der Waals surface area contributed by atoms with Gasteiger partial charge in [0.25, 0.3) is 0 Å². The predicted molar refractivity (Wildman–Crippen MR) is 65.5 cm³/mol. The summed E-state index contributed by atoms with van der Waals surface area (Å²) in [4.78, 5) is 0. The number of aliphatic hydroxyl groups excluding tert-OH is 2. The fraction of sp³-hybridized carbons (Fsp3) is 0.667. The van der Waals surface area contributed by atoms with Gasteiger partial charge in [0.2, 0.25) is 0 Å². The maximum absolute atomic E-state index is 9.89. The fourth-order valence-corrected chi connectivity index (χ4v) is 2.85. The van der Waals surface area contributed by atoms with Gasteiger partial charge in [-0.2, -0.15) is 11.3 Å². The second kappa shape index (κ2) is 5.77. The molecular formula is C12H19NO2S. The minimum atomic E-state index is -0.405. The quantitative estimate of drug-likeness (QED) is 0.751. The van der Waals surface area contributed by atoms with Gasteiger partial charge in [0.1, 0.15) is 0 Å². The Kier molecular flexibility index (Phi) is 4.35. The first kappa shape index (κ1) is 12.0. The molecule has 1 aromatic heterocycles. The summed E-state index contributed by atoms with van der Waals surface area (Å²) in [6.45, 7) is 0.609. The summed E-state index contributed by atoms with van der Waals surface area (Å²) in [5, 5.41) is 26.6. The molecule has 0 aliphatic heterocycles. The smallest absolute Gasteiger partial charge is 0.0922 e. The van der Waals surface area contributed by atoms with E-state index in [4.69, 9.17) is 0 Å². The van der Waals surface area contributed by atoms with Gasteiger partial charge in [-0.3, -0.25) is 0 Å². The molecular weight excluding hydrogens is 222 g/mol. The normalized spacial score (nSPS) is 27.9. The number of hydrogen-bond acceptors (Lipinski definition) is 4. The SMILES string of the molecule is OC1CCC(NCC(O)c2ccsc2)CC1. The van der Waals surface area contributed by atoms with Crippen molar-refractivity contribution in [2.45, 2.75) is 43.9 Å². The van der Waals surface area contributed by atoms with Gasteiger partial charge in [-0.25, -0.2) is 0 Å². The zero-order valence-electron chi connectivity index (χ0n) is 9.30. The Morgan fingerprint density at radius 3 is 2.75 bits per heavy atom. The molecule has 1 atom stereocenters. The van der Waals surface area contributed by atoms with E-state index < -0.39 is 6.10 Å². The van der Waals surface area contributed by atoms with Crippen LogP contribution in [0.2, 0.25) is 0 Å². The molecule has 2 rings (SSSR count). The topological polar surface area (TPSA) is 52.5 Å². The molecule has 3 N–H and O–H groups in total. The summed E-state index contributed by atoms with van der Waals surface area (Å²) in [5.41, 5.74) is 0.994. The Labute approximate surface area is 100 Å². The minimum Gasteiger partial charge on any atom is -0.393 e. The lowest BCUT2D eigenvalue weighted by Crippen LogP contribution is -2.36. The van der Waals surface area contributed by atoms with Gasteiger partial charge in [0.05, 0.1) is 12.2 Å². The van der Waals surface area contributed by atoms with Gasteiger partial charge in [-0.05, 0) is 48.1 Å². The van der Waals surface area contributed by atoms with E-state index in [-0.39, 0.29) is 6.10 Å². The van der Waals surface area contributed by atoms with Crippen molar-refractivity contribution in [1.82, 2.24) is 5.32 Å². The fourth-order valence-electron chi connectivity index (χ4n) is 2.14. The van der Waals surface area contributed by atoms with E-state index >= 15 is 0 Å². The third kappa shape index (κ3) is 3.28. The van der Waals surface area contributed by atoms with Crippen molar-refractivity contribution in [1.29, 1.82) is 0 Å². The van der Waals surface area contributed by atoms with E-state index in [2.05, 4.69) is 5.32 Å². The molecule has 1 heterocycles. The van der Waals surface area contributed by atoms with Crippen LogP contribution in [0.15, 0.2) is 16.8 Å². The third-order valence-electron chi connectivity index (χ3n) is 3.22. The molecule has 0 spiro atoms. The molecule has 4 heteroatoms. The highest BCUT2D eigenvalue weighted by Crippen LogP contribution is 2.20. The first-order chi connectivity index (χ1) is 7.75. The van der Waals surface area contributed by atoms with Gasteiger partial charge < -0.3 is 15.5 Å². The molecule has 90 valence electrons. The molecule has 0 bridgehead atoms. The van der Waals surface area contributed by atoms with Gasteiger partial charge >= 0.3 is 0 Å². The van der Waals surface area contributed by atoms with Crippen molar-refractivity contribution < 1.29 is 10.2 Å². The molecule has 0 aromatic carbocycles. The maximum atomic E-state index is 9.89. The van der Waals surface area contributed by atoms with Gasteiger partial charge in [0.15, 0.2) is 0 Å². The van der Waals surface area contributed by atoms with Crippen LogP contribution in [-0.2, 0) is 0 Å². The van der Waals surface area contributed by atoms with Crippen LogP contribution in [-0.4, -0.2) is 28.9 Å². The van der Waals surface area contributed by atoms with E-state index in [1.165, 1.54) is 0 Å². The van der Waals surface area contributed by atoms with Gasteiger partial charge in [-0.15, -0.1) is 0 Å². The first-order valence-electron chi connectivity index (χ1n) is 5.87. The van der Waals surface area contributed by atoms with Crippen LogP contribution in [0, 0.1) is 0 Å². The average Bonchev–Trinajstić information content (AvgIpc) is 2.81. The van der Waals surface area contributed by atoms with Crippen molar-refractivity contribution >= 4 is 11.3 Å². The zero-order chi connectivity index (χ0) is 11.4. The molecule has 1 aliphatic rings. The van der Waals surface area contributed by atoms with Gasteiger partial charge in [0, 0.05) is 12.6 Å². The summed E-state index contributed by atoms with van der Waals surface area (Å²) >= 11 is 1.61. The highest BCUT2D eigenvalue weighted by atomic mass is 32.1. The molecule has 1 aliphatic carbocycles. The van der Waals surface area contributed by atoms with Crippen LogP contribution in [0.1, 0.15) is 37.4 Å². The molecule has 1 aromatic rings. The van der Waals surface area contributed by atoms with Gasteiger partial charge in [-0.1, -0.05) is 0 Å². The minimum absolute atomic E-state index is 0.111. The van der Waals surface area contributed by atoms with E-state index in [0.29, 0.717) is 12.6 Å². The molecule has 3 nitrogen and oxygen atoms in total. The van der Waals surface area contributed by atoms with Crippen molar-refractivity contribution in [3.63, 3.8) is 0 Å². The Morgan fingerprint density at radius 2 is 2.12 bits per heavy atom.